The maximum atomic E-state index is 4.31. The molecular formula is C13H21N3. The Morgan fingerprint density at radius 2 is 2.44 bits per heavy atom. The second kappa shape index (κ2) is 5.19. The SMILES string of the molecule is CCNc1cc(N2CCCC(C)C2)ccn1. The van der Waals surface area contributed by atoms with Gasteiger partial charge in [-0.25, -0.2) is 4.98 Å². The molecule has 2 rings (SSSR count). The first-order valence-corrected chi connectivity index (χ1v) is 6.24. The lowest BCUT2D eigenvalue weighted by molar-refractivity contribution is 0.447. The molecule has 0 aliphatic carbocycles. The zero-order chi connectivity index (χ0) is 11.4. The van der Waals surface area contributed by atoms with Crippen molar-refractivity contribution in [3.8, 4) is 0 Å². The number of nitrogens with one attached hydrogen (secondary N) is 1. The number of hydrogen-bond donors (Lipinski definition) is 1. The molecule has 1 N–H and O–H groups in total. The van der Waals surface area contributed by atoms with Crippen LogP contribution in [0.3, 0.4) is 0 Å². The van der Waals surface area contributed by atoms with E-state index in [9.17, 15) is 0 Å². The van der Waals surface area contributed by atoms with E-state index < -0.39 is 0 Å². The third-order valence-electron chi connectivity index (χ3n) is 3.12. The van der Waals surface area contributed by atoms with Gasteiger partial charge in [0.05, 0.1) is 0 Å². The summed E-state index contributed by atoms with van der Waals surface area (Å²) in [6, 6.07) is 4.26. The Kier molecular flexibility index (Phi) is 3.65. The van der Waals surface area contributed by atoms with Crippen LogP contribution in [0.5, 0.6) is 0 Å². The van der Waals surface area contributed by atoms with E-state index in [0.29, 0.717) is 0 Å². The van der Waals surface area contributed by atoms with E-state index >= 15 is 0 Å². The second-order valence-electron chi connectivity index (χ2n) is 4.62. The normalized spacial score (nSPS) is 20.9. The second-order valence-corrected chi connectivity index (χ2v) is 4.62. The quantitative estimate of drug-likeness (QED) is 0.847. The van der Waals surface area contributed by atoms with E-state index in [2.05, 4.69) is 41.2 Å². The molecule has 0 saturated carbocycles. The molecule has 3 heteroatoms. The zero-order valence-electron chi connectivity index (χ0n) is 10.2. The summed E-state index contributed by atoms with van der Waals surface area (Å²) in [7, 11) is 0. The van der Waals surface area contributed by atoms with Gasteiger partial charge in [0, 0.05) is 37.6 Å². The predicted molar refractivity (Wildman–Crippen MR) is 69.0 cm³/mol. The highest BCUT2D eigenvalue weighted by Crippen LogP contribution is 2.23. The molecule has 1 atom stereocenters. The smallest absolute Gasteiger partial charge is 0.127 e. The van der Waals surface area contributed by atoms with Gasteiger partial charge in [0.15, 0.2) is 0 Å². The Balaban J connectivity index is 2.09. The van der Waals surface area contributed by atoms with Crippen LogP contribution in [0.4, 0.5) is 11.5 Å². The molecule has 1 fully saturated rings. The van der Waals surface area contributed by atoms with Gasteiger partial charge < -0.3 is 10.2 Å². The topological polar surface area (TPSA) is 28.2 Å². The fraction of sp³-hybridized carbons (Fsp3) is 0.615. The van der Waals surface area contributed by atoms with Gasteiger partial charge in [0.2, 0.25) is 0 Å². The molecule has 3 nitrogen and oxygen atoms in total. The lowest BCUT2D eigenvalue weighted by Crippen LogP contribution is -2.34. The van der Waals surface area contributed by atoms with Crippen LogP contribution in [0.15, 0.2) is 18.3 Å². The summed E-state index contributed by atoms with van der Waals surface area (Å²) in [6.45, 7) is 7.71. The molecule has 0 spiro atoms. The number of nitrogens with zero attached hydrogens (tertiary/aromatic N) is 2. The van der Waals surface area contributed by atoms with Gasteiger partial charge in [-0.15, -0.1) is 0 Å². The molecule has 16 heavy (non-hydrogen) atoms. The van der Waals surface area contributed by atoms with Crippen molar-refractivity contribution in [3.05, 3.63) is 18.3 Å². The highest BCUT2D eigenvalue weighted by atomic mass is 15.1. The van der Waals surface area contributed by atoms with Gasteiger partial charge in [-0.1, -0.05) is 6.92 Å². The lowest BCUT2D eigenvalue weighted by atomic mass is 10.00. The summed E-state index contributed by atoms with van der Waals surface area (Å²) < 4.78 is 0. The third-order valence-corrected chi connectivity index (χ3v) is 3.12. The van der Waals surface area contributed by atoms with Crippen molar-refractivity contribution in [2.24, 2.45) is 5.92 Å². The molecule has 2 heterocycles. The van der Waals surface area contributed by atoms with Crippen LogP contribution in [0.2, 0.25) is 0 Å². The van der Waals surface area contributed by atoms with E-state index in [1.165, 1.54) is 31.6 Å². The Labute approximate surface area is 97.9 Å². The number of aromatic nitrogens is 1. The van der Waals surface area contributed by atoms with Gasteiger partial charge in [-0.3, -0.25) is 0 Å². The van der Waals surface area contributed by atoms with Crippen molar-refractivity contribution < 1.29 is 0 Å². The highest BCUT2D eigenvalue weighted by molar-refractivity contribution is 5.54. The fourth-order valence-electron chi connectivity index (χ4n) is 2.32. The molecule has 1 aliphatic rings. The summed E-state index contributed by atoms with van der Waals surface area (Å²) in [5.41, 5.74) is 1.30. The fourth-order valence-corrected chi connectivity index (χ4v) is 2.32. The van der Waals surface area contributed by atoms with Gasteiger partial charge in [0.1, 0.15) is 5.82 Å². The van der Waals surface area contributed by atoms with E-state index in [1.54, 1.807) is 0 Å². The van der Waals surface area contributed by atoms with Crippen LogP contribution >= 0.6 is 0 Å². The Hall–Kier alpha value is -1.25. The highest BCUT2D eigenvalue weighted by Gasteiger charge is 2.16. The molecule has 0 bridgehead atoms. The number of pyridine rings is 1. The van der Waals surface area contributed by atoms with Gasteiger partial charge >= 0.3 is 0 Å². The lowest BCUT2D eigenvalue weighted by Gasteiger charge is -2.32. The number of hydrogen-bond acceptors (Lipinski definition) is 3. The zero-order valence-corrected chi connectivity index (χ0v) is 10.2. The first-order chi connectivity index (χ1) is 7.79. The molecule has 0 aromatic carbocycles. The van der Waals surface area contributed by atoms with Crippen molar-refractivity contribution in [3.63, 3.8) is 0 Å². The molecule has 88 valence electrons. The van der Waals surface area contributed by atoms with Crippen molar-refractivity contribution in [1.29, 1.82) is 0 Å². The number of rotatable bonds is 3. The summed E-state index contributed by atoms with van der Waals surface area (Å²) >= 11 is 0. The molecule has 1 aliphatic heterocycles. The van der Waals surface area contributed by atoms with E-state index in [0.717, 1.165) is 18.3 Å². The standard InChI is InChI=1S/C13H21N3/c1-3-14-13-9-12(6-7-15-13)16-8-4-5-11(2)10-16/h6-7,9,11H,3-5,8,10H2,1-2H3,(H,14,15). The molecule has 1 aromatic rings. The molecule has 1 aromatic heterocycles. The van der Waals surface area contributed by atoms with Crippen LogP contribution in [0, 0.1) is 5.92 Å². The monoisotopic (exact) mass is 219 g/mol. The first-order valence-electron chi connectivity index (χ1n) is 6.24. The predicted octanol–water partition coefficient (Wildman–Crippen LogP) is 2.75. The van der Waals surface area contributed by atoms with Crippen LogP contribution in [-0.4, -0.2) is 24.6 Å². The van der Waals surface area contributed by atoms with Crippen LogP contribution in [0.1, 0.15) is 26.7 Å². The van der Waals surface area contributed by atoms with Gasteiger partial charge in [0.25, 0.3) is 0 Å². The number of piperidine rings is 1. The molecule has 1 saturated heterocycles. The summed E-state index contributed by atoms with van der Waals surface area (Å²) in [5.74, 6) is 1.79. The minimum atomic E-state index is 0.810. The minimum Gasteiger partial charge on any atom is -0.371 e. The van der Waals surface area contributed by atoms with Crippen LogP contribution < -0.4 is 10.2 Å². The van der Waals surface area contributed by atoms with Gasteiger partial charge in [-0.2, -0.15) is 0 Å². The summed E-state index contributed by atoms with van der Waals surface area (Å²) in [4.78, 5) is 6.77. The molecule has 0 radical (unpaired) electrons. The maximum Gasteiger partial charge on any atom is 0.127 e. The Morgan fingerprint density at radius 1 is 1.56 bits per heavy atom. The van der Waals surface area contributed by atoms with E-state index in [1.807, 2.05) is 6.20 Å². The van der Waals surface area contributed by atoms with Gasteiger partial charge in [-0.05, 0) is 31.7 Å². The average Bonchev–Trinajstić information content (AvgIpc) is 2.30. The Bertz CT molecular complexity index is 338. The minimum absolute atomic E-state index is 0.810. The Morgan fingerprint density at radius 3 is 3.19 bits per heavy atom. The maximum absolute atomic E-state index is 4.31. The third kappa shape index (κ3) is 2.65. The van der Waals surface area contributed by atoms with E-state index in [4.69, 9.17) is 0 Å². The van der Waals surface area contributed by atoms with Crippen LogP contribution in [-0.2, 0) is 0 Å². The van der Waals surface area contributed by atoms with Crippen molar-refractivity contribution in [2.75, 3.05) is 29.9 Å². The number of anilines is 2. The molecular weight excluding hydrogens is 198 g/mol. The largest absolute Gasteiger partial charge is 0.371 e. The van der Waals surface area contributed by atoms with E-state index in [-0.39, 0.29) is 0 Å². The first kappa shape index (κ1) is 11.2. The molecule has 1 unspecified atom stereocenters. The van der Waals surface area contributed by atoms with Crippen LogP contribution in [0.25, 0.3) is 0 Å². The summed E-state index contributed by atoms with van der Waals surface area (Å²) in [6.07, 6.45) is 4.56. The summed E-state index contributed by atoms with van der Waals surface area (Å²) in [5, 5.41) is 3.26. The molecule has 0 amide bonds. The van der Waals surface area contributed by atoms with Crippen molar-refractivity contribution in [1.82, 2.24) is 4.98 Å². The van der Waals surface area contributed by atoms with Crippen molar-refractivity contribution in [2.45, 2.75) is 26.7 Å². The van der Waals surface area contributed by atoms with Crippen molar-refractivity contribution >= 4 is 11.5 Å². The average molecular weight is 219 g/mol.